The number of nitrogens with zero attached hydrogens (tertiary/aromatic N) is 2. The van der Waals surface area contributed by atoms with Gasteiger partial charge in [-0.2, -0.15) is 0 Å². The summed E-state index contributed by atoms with van der Waals surface area (Å²) in [7, 11) is 1.78. The Morgan fingerprint density at radius 2 is 1.65 bits per heavy atom. The molecule has 0 radical (unpaired) electrons. The number of phenols is 2. The molecule has 2 aromatic carbocycles. The second-order valence-electron chi connectivity index (χ2n) is 5.13. The Kier molecular flexibility index (Phi) is 3.94. The van der Waals surface area contributed by atoms with E-state index in [9.17, 15) is 15.0 Å². The zero-order chi connectivity index (χ0) is 16.6. The fourth-order valence-electron chi connectivity index (χ4n) is 2.42. The molecule has 1 fully saturated rings. The number of carbonyl (C=O) groups is 1. The van der Waals surface area contributed by atoms with E-state index in [4.69, 9.17) is 0 Å². The zero-order valence-corrected chi connectivity index (χ0v) is 14.0. The van der Waals surface area contributed by atoms with Crippen LogP contribution in [0.1, 0.15) is 5.56 Å². The Morgan fingerprint density at radius 1 is 1.04 bits per heavy atom. The first-order chi connectivity index (χ1) is 11.0. The summed E-state index contributed by atoms with van der Waals surface area (Å²) >= 11 is 2.91. The van der Waals surface area contributed by atoms with Gasteiger partial charge in [-0.3, -0.25) is 0 Å². The van der Waals surface area contributed by atoms with Crippen LogP contribution in [-0.2, 0) is 4.79 Å². The molecule has 23 heavy (non-hydrogen) atoms. The summed E-state index contributed by atoms with van der Waals surface area (Å²) in [5.41, 5.74) is 1.74. The zero-order valence-electron chi connectivity index (χ0n) is 12.3. The van der Waals surface area contributed by atoms with Crippen molar-refractivity contribution in [3.05, 3.63) is 59.8 Å². The molecular formula is C17H14N2O3Se. The Morgan fingerprint density at radius 3 is 2.26 bits per heavy atom. The van der Waals surface area contributed by atoms with E-state index >= 15 is 0 Å². The molecule has 0 bridgehead atoms. The Balaban J connectivity index is 2.02. The first kappa shape index (κ1) is 15.3. The molecule has 0 aliphatic carbocycles. The number of amides is 1. The fourth-order valence-corrected chi connectivity index (χ4v) is 3.02. The number of hydrogen-bond donors (Lipinski definition) is 2. The van der Waals surface area contributed by atoms with Crippen LogP contribution in [0, 0.1) is 0 Å². The van der Waals surface area contributed by atoms with Crippen LogP contribution in [0.3, 0.4) is 0 Å². The summed E-state index contributed by atoms with van der Waals surface area (Å²) < 4.78 is 0.664. The first-order valence-corrected chi connectivity index (χ1v) is 7.75. The molecule has 2 N–H and O–H groups in total. The summed E-state index contributed by atoms with van der Waals surface area (Å²) in [6.45, 7) is 0. The molecule has 1 aliphatic rings. The van der Waals surface area contributed by atoms with Gasteiger partial charge in [-0.25, -0.2) is 0 Å². The minimum atomic E-state index is -0.185. The maximum absolute atomic E-state index is 12.8. The number of carbonyl (C=O) groups excluding carboxylic acids is 1. The second-order valence-corrected chi connectivity index (χ2v) is 5.90. The van der Waals surface area contributed by atoms with Gasteiger partial charge in [-0.1, -0.05) is 0 Å². The monoisotopic (exact) mass is 374 g/mol. The van der Waals surface area contributed by atoms with Crippen LogP contribution in [0.25, 0.3) is 6.08 Å². The van der Waals surface area contributed by atoms with Gasteiger partial charge >= 0.3 is 141 Å². The van der Waals surface area contributed by atoms with Crippen molar-refractivity contribution in [2.45, 2.75) is 0 Å². The van der Waals surface area contributed by atoms with Crippen molar-refractivity contribution >= 4 is 37.9 Å². The van der Waals surface area contributed by atoms with Crippen molar-refractivity contribution in [2.75, 3.05) is 11.9 Å². The van der Waals surface area contributed by atoms with Crippen LogP contribution >= 0.6 is 0 Å². The molecule has 6 heteroatoms. The van der Waals surface area contributed by atoms with Gasteiger partial charge in [0.15, 0.2) is 0 Å². The molecule has 0 saturated carbocycles. The predicted octanol–water partition coefficient (Wildman–Crippen LogP) is 1.67. The molecule has 2 aromatic rings. The van der Waals surface area contributed by atoms with Crippen molar-refractivity contribution < 1.29 is 15.0 Å². The van der Waals surface area contributed by atoms with Gasteiger partial charge in [0.1, 0.15) is 0 Å². The van der Waals surface area contributed by atoms with Crippen molar-refractivity contribution in [3.63, 3.8) is 0 Å². The molecule has 116 valence electrons. The summed E-state index contributed by atoms with van der Waals surface area (Å²) in [6, 6.07) is 13.5. The van der Waals surface area contributed by atoms with E-state index in [1.54, 1.807) is 22.9 Å². The Labute approximate surface area is 141 Å². The van der Waals surface area contributed by atoms with E-state index in [1.807, 2.05) is 30.3 Å². The van der Waals surface area contributed by atoms with Crippen LogP contribution in [0.4, 0.5) is 5.69 Å². The molecule has 0 aromatic heterocycles. The third-order valence-electron chi connectivity index (χ3n) is 3.50. The SMILES string of the molecule is CN1C(=[Se])N(c2ccccc2)C(=O)/C1=C\c1cc(O)cc(O)c1. The van der Waals surface area contributed by atoms with Crippen LogP contribution < -0.4 is 4.90 Å². The van der Waals surface area contributed by atoms with Gasteiger partial charge in [0.25, 0.3) is 0 Å². The van der Waals surface area contributed by atoms with Gasteiger partial charge < -0.3 is 0 Å². The number of benzene rings is 2. The van der Waals surface area contributed by atoms with Gasteiger partial charge in [0.2, 0.25) is 0 Å². The average Bonchev–Trinajstić information content (AvgIpc) is 2.71. The summed E-state index contributed by atoms with van der Waals surface area (Å²) in [4.78, 5) is 16.1. The van der Waals surface area contributed by atoms with Gasteiger partial charge in [0, 0.05) is 0 Å². The van der Waals surface area contributed by atoms with Gasteiger partial charge in [-0.15, -0.1) is 0 Å². The topological polar surface area (TPSA) is 64.0 Å². The molecule has 1 heterocycles. The van der Waals surface area contributed by atoms with E-state index in [0.717, 1.165) is 5.69 Å². The van der Waals surface area contributed by atoms with E-state index < -0.39 is 0 Å². The van der Waals surface area contributed by atoms with Crippen molar-refractivity contribution in [2.24, 2.45) is 0 Å². The van der Waals surface area contributed by atoms with Gasteiger partial charge in [-0.05, 0) is 0 Å². The molecular weight excluding hydrogens is 359 g/mol. The summed E-state index contributed by atoms with van der Waals surface area (Å²) in [5.74, 6) is -0.301. The molecule has 0 unspecified atom stereocenters. The molecule has 0 spiro atoms. The molecule has 0 atom stereocenters. The van der Waals surface area contributed by atoms with Crippen LogP contribution in [0.5, 0.6) is 11.5 Å². The van der Waals surface area contributed by atoms with Crippen molar-refractivity contribution in [1.82, 2.24) is 4.90 Å². The number of hydrogen-bond acceptors (Lipinski definition) is 4. The molecule has 1 aliphatic heterocycles. The number of phenolic OH excluding ortho intramolecular Hbond substituents is 2. The first-order valence-electron chi connectivity index (χ1n) is 6.89. The van der Waals surface area contributed by atoms with Crippen molar-refractivity contribution in [3.8, 4) is 11.5 Å². The van der Waals surface area contributed by atoms with E-state index in [1.165, 1.54) is 18.2 Å². The maximum atomic E-state index is 12.8. The minimum absolute atomic E-state index is 0.0582. The third kappa shape index (κ3) is 2.86. The average molecular weight is 373 g/mol. The van der Waals surface area contributed by atoms with E-state index in [0.29, 0.717) is 15.9 Å². The summed E-state index contributed by atoms with van der Waals surface area (Å²) in [6.07, 6.45) is 1.63. The van der Waals surface area contributed by atoms with E-state index in [2.05, 4.69) is 15.6 Å². The third-order valence-corrected chi connectivity index (χ3v) is 4.46. The normalized spacial score (nSPS) is 16.5. The Hall–Kier alpha value is -2.56. The van der Waals surface area contributed by atoms with Crippen LogP contribution in [0.2, 0.25) is 0 Å². The number of anilines is 1. The Bertz CT molecular complexity index is 798. The standard InChI is InChI=1S/C17H14N2O3Se/c1-18-15(9-11-7-13(20)10-14(21)8-11)16(22)19(17(18)23)12-5-3-2-4-6-12/h2-10,20-21H,1H3/b15-9+. The quantitative estimate of drug-likeness (QED) is 0.621. The number of para-hydroxylation sites is 1. The fraction of sp³-hybridized carbons (Fsp3) is 0.0588. The van der Waals surface area contributed by atoms with E-state index in [-0.39, 0.29) is 17.4 Å². The molecule has 1 saturated heterocycles. The van der Waals surface area contributed by atoms with Gasteiger partial charge in [0.05, 0.1) is 0 Å². The molecule has 5 nitrogen and oxygen atoms in total. The second kappa shape index (κ2) is 5.91. The van der Waals surface area contributed by atoms with Crippen molar-refractivity contribution in [1.29, 1.82) is 0 Å². The van der Waals surface area contributed by atoms with Crippen LogP contribution in [-0.4, -0.2) is 48.3 Å². The number of likely N-dealkylation sites (N-methyl/N-ethyl adjacent to an activating group) is 1. The molecule has 3 rings (SSSR count). The number of rotatable bonds is 2. The predicted molar refractivity (Wildman–Crippen MR) is 90.2 cm³/mol. The molecule has 1 amide bonds. The summed E-state index contributed by atoms with van der Waals surface area (Å²) in [5, 5.41) is 19.1. The number of aromatic hydroxyl groups is 2. The van der Waals surface area contributed by atoms with Crippen LogP contribution in [0.15, 0.2) is 54.2 Å².